The minimum atomic E-state index is -5.08. The number of alkyl halides is 3. The van der Waals surface area contributed by atoms with E-state index in [4.69, 9.17) is 21.5 Å². The van der Waals surface area contributed by atoms with Crippen LogP contribution in [-0.2, 0) is 21.4 Å². The second-order valence-electron chi connectivity index (χ2n) is 8.17. The number of hydrogen-bond acceptors (Lipinski definition) is 5. The lowest BCUT2D eigenvalue weighted by molar-refractivity contribution is -0.192. The molecule has 0 unspecified atom stereocenters. The summed E-state index contributed by atoms with van der Waals surface area (Å²) in [5.41, 5.74) is 1.52. The van der Waals surface area contributed by atoms with Gasteiger partial charge >= 0.3 is 12.1 Å². The number of aliphatic carboxylic acids is 1. The van der Waals surface area contributed by atoms with Gasteiger partial charge in [0.1, 0.15) is 0 Å². The molecule has 2 aliphatic rings. The van der Waals surface area contributed by atoms with Gasteiger partial charge in [-0.3, -0.25) is 9.78 Å². The number of fused-ring (bicyclic) bond motifs is 1. The molecule has 13 heteroatoms. The molecule has 0 bridgehead atoms. The number of sulfonamides is 1. The fraction of sp³-hybridized carbons (Fsp3) is 0.409. The molecule has 8 nitrogen and oxygen atoms in total. The molecule has 1 aromatic heterocycles. The summed E-state index contributed by atoms with van der Waals surface area (Å²) in [6, 6.07) is 10.5. The van der Waals surface area contributed by atoms with E-state index in [0.29, 0.717) is 49.6 Å². The number of carbonyl (C=O) groups is 2. The van der Waals surface area contributed by atoms with Crippen molar-refractivity contribution in [3.63, 3.8) is 0 Å². The van der Waals surface area contributed by atoms with Gasteiger partial charge in [-0.1, -0.05) is 11.6 Å². The Bertz CT molecular complexity index is 1150. The number of halogens is 4. The van der Waals surface area contributed by atoms with Crippen LogP contribution in [0.5, 0.6) is 0 Å². The number of carbonyl (C=O) groups excluding carboxylic acids is 1. The molecule has 0 saturated carbocycles. The predicted molar refractivity (Wildman–Crippen MR) is 121 cm³/mol. The van der Waals surface area contributed by atoms with Gasteiger partial charge in [-0.25, -0.2) is 13.2 Å². The molecule has 0 spiro atoms. The van der Waals surface area contributed by atoms with Crippen molar-refractivity contribution in [2.24, 2.45) is 5.92 Å². The van der Waals surface area contributed by atoms with E-state index in [1.807, 2.05) is 12.1 Å². The van der Waals surface area contributed by atoms with Crippen LogP contribution in [0.2, 0.25) is 5.02 Å². The van der Waals surface area contributed by atoms with Crippen LogP contribution in [0.3, 0.4) is 0 Å². The van der Waals surface area contributed by atoms with Crippen LogP contribution >= 0.6 is 11.6 Å². The Morgan fingerprint density at radius 3 is 2.20 bits per heavy atom. The molecule has 0 aliphatic carbocycles. The second kappa shape index (κ2) is 10.9. The Balaban J connectivity index is 0.000000429. The third kappa shape index (κ3) is 6.71. The fourth-order valence-corrected chi connectivity index (χ4v) is 6.47. The minimum Gasteiger partial charge on any atom is -0.475 e. The van der Waals surface area contributed by atoms with Gasteiger partial charge in [0.2, 0.25) is 10.0 Å². The van der Waals surface area contributed by atoms with Crippen molar-refractivity contribution in [3.8, 4) is 0 Å². The second-order valence-corrected chi connectivity index (χ2v) is 10.8. The molecule has 1 amide bonds. The first-order chi connectivity index (χ1) is 16.4. The van der Waals surface area contributed by atoms with E-state index in [1.165, 1.54) is 0 Å². The number of carboxylic acids is 1. The van der Waals surface area contributed by atoms with Crippen molar-refractivity contribution in [2.45, 2.75) is 30.8 Å². The maximum atomic E-state index is 13.1. The number of carboxylic acid groups (broad SMARTS) is 1. The standard InChI is InChI=1S/C20H22ClN3O3S.C2HF3O2/c21-18-3-1-16(2-4-18)20(25)23-11-7-17-14-24(13-15-5-9-22-10-6-15)28(26,27)19(17)8-12-23;3-2(4,5)1(6)7/h1-6,9-10,17,19H,7-8,11-14H2;(H,6,7)/t17-,19-;/m1./s1. The van der Waals surface area contributed by atoms with Crippen molar-refractivity contribution >= 4 is 33.5 Å². The number of benzene rings is 1. The van der Waals surface area contributed by atoms with Gasteiger partial charge in [-0.15, -0.1) is 0 Å². The number of amides is 1. The molecule has 2 fully saturated rings. The van der Waals surface area contributed by atoms with Crippen molar-refractivity contribution in [1.29, 1.82) is 0 Å². The topological polar surface area (TPSA) is 108 Å². The Kier molecular flexibility index (Phi) is 8.39. The van der Waals surface area contributed by atoms with Crippen LogP contribution in [0.1, 0.15) is 28.8 Å². The summed E-state index contributed by atoms with van der Waals surface area (Å²) < 4.78 is 59.4. The largest absolute Gasteiger partial charge is 0.490 e. The van der Waals surface area contributed by atoms with Gasteiger partial charge in [0.05, 0.1) is 5.25 Å². The van der Waals surface area contributed by atoms with Crippen LogP contribution < -0.4 is 0 Å². The minimum absolute atomic E-state index is 0.0508. The van der Waals surface area contributed by atoms with Gasteiger partial charge < -0.3 is 10.0 Å². The van der Waals surface area contributed by atoms with Crippen LogP contribution in [-0.4, -0.2) is 70.7 Å². The number of likely N-dealkylation sites (tertiary alicyclic amines) is 1. The van der Waals surface area contributed by atoms with Gasteiger partial charge in [0.15, 0.2) is 0 Å². The Labute approximate surface area is 205 Å². The summed E-state index contributed by atoms with van der Waals surface area (Å²) in [6.45, 7) is 1.91. The Hall–Kier alpha value is -2.70. The Morgan fingerprint density at radius 2 is 1.63 bits per heavy atom. The SMILES string of the molecule is O=C(O)C(F)(F)F.O=C(c1ccc(Cl)cc1)N1CC[C@@H]2CN(Cc3ccncc3)S(=O)(=O)[C@@H]2CC1. The molecule has 2 aliphatic heterocycles. The third-order valence-corrected chi connectivity index (χ3v) is 8.52. The monoisotopic (exact) mass is 533 g/mol. The van der Waals surface area contributed by atoms with Crippen LogP contribution in [0.25, 0.3) is 0 Å². The van der Waals surface area contributed by atoms with Crippen molar-refractivity contribution in [2.75, 3.05) is 19.6 Å². The van der Waals surface area contributed by atoms with E-state index in [1.54, 1.807) is 45.9 Å². The molecule has 35 heavy (non-hydrogen) atoms. The molecule has 4 rings (SSSR count). The lowest BCUT2D eigenvalue weighted by Gasteiger charge is -2.22. The maximum Gasteiger partial charge on any atom is 0.490 e. The first kappa shape index (κ1) is 26.9. The molecule has 2 atom stereocenters. The summed E-state index contributed by atoms with van der Waals surface area (Å²) >= 11 is 5.90. The van der Waals surface area contributed by atoms with E-state index in [9.17, 15) is 26.4 Å². The highest BCUT2D eigenvalue weighted by Gasteiger charge is 2.47. The molecule has 1 aromatic carbocycles. The van der Waals surface area contributed by atoms with Crippen LogP contribution in [0.4, 0.5) is 13.2 Å². The van der Waals surface area contributed by atoms with Gasteiger partial charge in [0, 0.05) is 49.2 Å². The molecule has 0 radical (unpaired) electrons. The average Bonchev–Trinajstić information content (AvgIpc) is 2.93. The zero-order valence-electron chi connectivity index (χ0n) is 18.4. The normalized spacial score (nSPS) is 21.9. The molecule has 1 N–H and O–H groups in total. The van der Waals surface area contributed by atoms with Gasteiger partial charge in [-0.05, 0) is 60.7 Å². The molecule has 2 saturated heterocycles. The number of rotatable bonds is 3. The first-order valence-electron chi connectivity index (χ1n) is 10.6. The molecule has 2 aromatic rings. The van der Waals surface area contributed by atoms with Crippen molar-refractivity contribution < 1.29 is 36.3 Å². The molecular weight excluding hydrogens is 511 g/mol. The summed E-state index contributed by atoms with van der Waals surface area (Å²) in [5.74, 6) is -2.77. The lowest BCUT2D eigenvalue weighted by atomic mass is 10.0. The summed E-state index contributed by atoms with van der Waals surface area (Å²) in [5, 5.41) is 7.29. The Morgan fingerprint density at radius 1 is 1.06 bits per heavy atom. The van der Waals surface area contributed by atoms with E-state index >= 15 is 0 Å². The zero-order valence-corrected chi connectivity index (χ0v) is 19.9. The highest BCUT2D eigenvalue weighted by molar-refractivity contribution is 7.90. The van der Waals surface area contributed by atoms with Gasteiger partial charge in [0.25, 0.3) is 5.91 Å². The van der Waals surface area contributed by atoms with Crippen LogP contribution in [0.15, 0.2) is 48.8 Å². The van der Waals surface area contributed by atoms with E-state index < -0.39 is 27.4 Å². The van der Waals surface area contributed by atoms with Crippen molar-refractivity contribution in [3.05, 3.63) is 64.9 Å². The molecule has 190 valence electrons. The van der Waals surface area contributed by atoms with Crippen LogP contribution in [0, 0.1) is 5.92 Å². The van der Waals surface area contributed by atoms with Crippen molar-refractivity contribution in [1.82, 2.24) is 14.2 Å². The molecule has 3 heterocycles. The van der Waals surface area contributed by atoms with E-state index in [2.05, 4.69) is 4.98 Å². The zero-order chi connectivity index (χ0) is 25.8. The van der Waals surface area contributed by atoms with E-state index in [-0.39, 0.29) is 11.8 Å². The average molecular weight is 534 g/mol. The summed E-state index contributed by atoms with van der Waals surface area (Å²) in [6.07, 6.45) is -0.567. The summed E-state index contributed by atoms with van der Waals surface area (Å²) in [4.78, 5) is 27.4. The van der Waals surface area contributed by atoms with E-state index in [0.717, 1.165) is 5.56 Å². The number of hydrogen-bond donors (Lipinski definition) is 1. The first-order valence-corrected chi connectivity index (χ1v) is 12.5. The highest BCUT2D eigenvalue weighted by Crippen LogP contribution is 2.35. The summed E-state index contributed by atoms with van der Waals surface area (Å²) in [7, 11) is -3.37. The lowest BCUT2D eigenvalue weighted by Crippen LogP contribution is -2.34. The predicted octanol–water partition coefficient (Wildman–Crippen LogP) is 3.43. The maximum absolute atomic E-state index is 13.1. The fourth-order valence-electron chi connectivity index (χ4n) is 4.12. The number of nitrogens with zero attached hydrogens (tertiary/aromatic N) is 3. The third-order valence-electron chi connectivity index (χ3n) is 5.89. The molecular formula is C22H23ClF3N3O5S. The number of aromatic nitrogens is 1. The quantitative estimate of drug-likeness (QED) is 0.647. The van der Waals surface area contributed by atoms with Gasteiger partial charge in [-0.2, -0.15) is 17.5 Å². The smallest absolute Gasteiger partial charge is 0.475 e. The highest BCUT2D eigenvalue weighted by atomic mass is 35.5. The number of pyridine rings is 1.